The maximum absolute atomic E-state index is 5.55. The highest BCUT2D eigenvalue weighted by atomic mass is 16.5. The van der Waals surface area contributed by atoms with Gasteiger partial charge in [0.1, 0.15) is 0 Å². The molecule has 1 heterocycles. The predicted octanol–water partition coefficient (Wildman–Crippen LogP) is 3.29. The number of rotatable bonds is 6. The van der Waals surface area contributed by atoms with Crippen LogP contribution in [-0.4, -0.2) is 50.3 Å². The fourth-order valence-corrected chi connectivity index (χ4v) is 4.65. The van der Waals surface area contributed by atoms with Crippen LogP contribution in [0.3, 0.4) is 0 Å². The van der Waals surface area contributed by atoms with E-state index in [4.69, 9.17) is 4.74 Å². The van der Waals surface area contributed by atoms with Gasteiger partial charge in [-0.2, -0.15) is 0 Å². The molecule has 0 spiro atoms. The first-order valence-corrected chi connectivity index (χ1v) is 9.07. The third-order valence-corrected chi connectivity index (χ3v) is 5.91. The van der Waals surface area contributed by atoms with Crippen LogP contribution in [0.25, 0.3) is 0 Å². The molecular weight excluding hydrogens is 260 g/mol. The SMILES string of the molecule is CCNC(CC1CCOCC1)C1(N(C)C)CCCC(C)C1. The molecule has 0 amide bonds. The summed E-state index contributed by atoms with van der Waals surface area (Å²) in [5, 5.41) is 3.86. The normalized spacial score (nSPS) is 33.3. The highest BCUT2D eigenvalue weighted by Gasteiger charge is 2.43. The van der Waals surface area contributed by atoms with Crippen molar-refractivity contribution in [1.29, 1.82) is 0 Å². The molecule has 2 rings (SSSR count). The Morgan fingerprint density at radius 2 is 1.95 bits per heavy atom. The molecule has 1 saturated heterocycles. The lowest BCUT2D eigenvalue weighted by Crippen LogP contribution is -2.61. The van der Waals surface area contributed by atoms with Gasteiger partial charge in [0.05, 0.1) is 0 Å². The first kappa shape index (κ1) is 17.2. The van der Waals surface area contributed by atoms with Gasteiger partial charge >= 0.3 is 0 Å². The van der Waals surface area contributed by atoms with Gasteiger partial charge in [0.2, 0.25) is 0 Å². The minimum absolute atomic E-state index is 0.353. The number of nitrogens with zero attached hydrogens (tertiary/aromatic N) is 1. The van der Waals surface area contributed by atoms with Gasteiger partial charge in [0, 0.05) is 24.8 Å². The van der Waals surface area contributed by atoms with Crippen LogP contribution >= 0.6 is 0 Å². The van der Waals surface area contributed by atoms with Gasteiger partial charge in [0.25, 0.3) is 0 Å². The smallest absolute Gasteiger partial charge is 0.0468 e. The molecule has 2 fully saturated rings. The fraction of sp³-hybridized carbons (Fsp3) is 1.00. The molecule has 21 heavy (non-hydrogen) atoms. The molecule has 1 aliphatic carbocycles. The lowest BCUT2D eigenvalue weighted by Gasteiger charge is -2.51. The molecule has 3 unspecified atom stereocenters. The van der Waals surface area contributed by atoms with Crippen molar-refractivity contribution in [3.8, 4) is 0 Å². The van der Waals surface area contributed by atoms with Crippen LogP contribution in [0.1, 0.15) is 58.8 Å². The molecule has 2 aliphatic rings. The topological polar surface area (TPSA) is 24.5 Å². The summed E-state index contributed by atoms with van der Waals surface area (Å²) in [5.41, 5.74) is 0.353. The van der Waals surface area contributed by atoms with Crippen molar-refractivity contribution in [3.63, 3.8) is 0 Å². The molecule has 3 atom stereocenters. The Bertz CT molecular complexity index is 302. The van der Waals surface area contributed by atoms with Gasteiger partial charge in [-0.25, -0.2) is 0 Å². The molecule has 0 aromatic carbocycles. The Labute approximate surface area is 131 Å². The van der Waals surface area contributed by atoms with Crippen molar-refractivity contribution in [2.75, 3.05) is 33.9 Å². The zero-order valence-electron chi connectivity index (χ0n) is 14.7. The van der Waals surface area contributed by atoms with Gasteiger partial charge < -0.3 is 15.0 Å². The average Bonchev–Trinajstić information content (AvgIpc) is 2.47. The second-order valence-corrected chi connectivity index (χ2v) is 7.60. The van der Waals surface area contributed by atoms with E-state index in [1.165, 1.54) is 44.9 Å². The van der Waals surface area contributed by atoms with Crippen LogP contribution in [-0.2, 0) is 4.74 Å². The summed E-state index contributed by atoms with van der Waals surface area (Å²) in [7, 11) is 4.60. The number of hydrogen-bond acceptors (Lipinski definition) is 3. The van der Waals surface area contributed by atoms with Gasteiger partial charge in [-0.15, -0.1) is 0 Å². The van der Waals surface area contributed by atoms with Crippen molar-refractivity contribution in [2.45, 2.75) is 70.4 Å². The molecule has 1 aliphatic heterocycles. The van der Waals surface area contributed by atoms with E-state index in [-0.39, 0.29) is 0 Å². The van der Waals surface area contributed by atoms with E-state index in [1.54, 1.807) is 0 Å². The monoisotopic (exact) mass is 296 g/mol. The Morgan fingerprint density at radius 1 is 1.24 bits per heavy atom. The zero-order valence-corrected chi connectivity index (χ0v) is 14.7. The third kappa shape index (κ3) is 4.20. The number of hydrogen-bond donors (Lipinski definition) is 1. The Morgan fingerprint density at radius 3 is 2.52 bits per heavy atom. The summed E-state index contributed by atoms with van der Waals surface area (Å²) in [6, 6.07) is 0.628. The summed E-state index contributed by atoms with van der Waals surface area (Å²) < 4.78 is 5.55. The summed E-state index contributed by atoms with van der Waals surface area (Å²) in [6.45, 7) is 7.71. The van der Waals surface area contributed by atoms with Crippen LogP contribution in [0.5, 0.6) is 0 Å². The number of likely N-dealkylation sites (N-methyl/N-ethyl adjacent to an activating group) is 2. The first-order valence-electron chi connectivity index (χ1n) is 9.07. The van der Waals surface area contributed by atoms with E-state index in [0.29, 0.717) is 11.6 Å². The van der Waals surface area contributed by atoms with Crippen molar-refractivity contribution >= 4 is 0 Å². The molecule has 0 aromatic heterocycles. The largest absolute Gasteiger partial charge is 0.381 e. The average molecular weight is 296 g/mol. The van der Waals surface area contributed by atoms with E-state index in [0.717, 1.165) is 31.6 Å². The maximum atomic E-state index is 5.55. The van der Waals surface area contributed by atoms with Crippen LogP contribution in [0.15, 0.2) is 0 Å². The van der Waals surface area contributed by atoms with Crippen LogP contribution in [0.4, 0.5) is 0 Å². The van der Waals surface area contributed by atoms with Crippen molar-refractivity contribution < 1.29 is 4.74 Å². The summed E-state index contributed by atoms with van der Waals surface area (Å²) >= 11 is 0. The Balaban J connectivity index is 2.11. The summed E-state index contributed by atoms with van der Waals surface area (Å²) in [6.07, 6.45) is 9.32. The molecule has 0 bridgehead atoms. The first-order chi connectivity index (χ1) is 10.1. The lowest BCUT2D eigenvalue weighted by atomic mass is 9.69. The molecule has 0 radical (unpaired) electrons. The second kappa shape index (κ2) is 7.94. The van der Waals surface area contributed by atoms with Crippen LogP contribution < -0.4 is 5.32 Å². The maximum Gasteiger partial charge on any atom is 0.0468 e. The van der Waals surface area contributed by atoms with E-state index < -0.39 is 0 Å². The molecule has 1 N–H and O–H groups in total. The van der Waals surface area contributed by atoms with E-state index >= 15 is 0 Å². The molecule has 0 aromatic rings. The van der Waals surface area contributed by atoms with Gasteiger partial charge in [0.15, 0.2) is 0 Å². The van der Waals surface area contributed by atoms with Crippen molar-refractivity contribution in [3.05, 3.63) is 0 Å². The van der Waals surface area contributed by atoms with Gasteiger partial charge in [-0.3, -0.25) is 0 Å². The van der Waals surface area contributed by atoms with Gasteiger partial charge in [-0.05, 0) is 64.6 Å². The highest BCUT2D eigenvalue weighted by Crippen LogP contribution is 2.40. The number of nitrogens with one attached hydrogen (secondary N) is 1. The minimum atomic E-state index is 0.353. The summed E-state index contributed by atoms with van der Waals surface area (Å²) in [5.74, 6) is 1.70. The molecule has 124 valence electrons. The minimum Gasteiger partial charge on any atom is -0.381 e. The zero-order chi connectivity index (χ0) is 15.3. The molecule has 3 heteroatoms. The molecule has 1 saturated carbocycles. The fourth-order valence-electron chi connectivity index (χ4n) is 4.65. The van der Waals surface area contributed by atoms with Crippen LogP contribution in [0.2, 0.25) is 0 Å². The highest BCUT2D eigenvalue weighted by molar-refractivity contribution is 5.02. The quantitative estimate of drug-likeness (QED) is 0.814. The van der Waals surface area contributed by atoms with Crippen molar-refractivity contribution in [1.82, 2.24) is 10.2 Å². The summed E-state index contributed by atoms with van der Waals surface area (Å²) in [4.78, 5) is 2.54. The molecule has 3 nitrogen and oxygen atoms in total. The molecular formula is C18H36N2O. The van der Waals surface area contributed by atoms with E-state index in [1.807, 2.05) is 0 Å². The predicted molar refractivity (Wildman–Crippen MR) is 89.7 cm³/mol. The third-order valence-electron chi connectivity index (χ3n) is 5.91. The van der Waals surface area contributed by atoms with E-state index in [2.05, 4.69) is 38.2 Å². The Hall–Kier alpha value is -0.120. The van der Waals surface area contributed by atoms with E-state index in [9.17, 15) is 0 Å². The Kier molecular flexibility index (Phi) is 6.51. The number of ether oxygens (including phenoxy) is 1. The lowest BCUT2D eigenvalue weighted by molar-refractivity contribution is 0.0125. The van der Waals surface area contributed by atoms with Gasteiger partial charge in [-0.1, -0.05) is 26.7 Å². The van der Waals surface area contributed by atoms with Crippen LogP contribution in [0, 0.1) is 11.8 Å². The standard InChI is InChI=1S/C18H36N2O/c1-5-19-17(13-16-8-11-21-12-9-16)18(20(3)4)10-6-7-15(2)14-18/h15-17,19H,5-14H2,1-4H3. The second-order valence-electron chi connectivity index (χ2n) is 7.60. The van der Waals surface area contributed by atoms with Crippen molar-refractivity contribution in [2.24, 2.45) is 11.8 Å².